The third-order valence-corrected chi connectivity index (χ3v) is 9.41. The minimum Gasteiger partial charge on any atom is -0.350 e. The predicted molar refractivity (Wildman–Crippen MR) is 181 cm³/mol. The van der Waals surface area contributed by atoms with Gasteiger partial charge in [-0.3, -0.25) is 13.9 Å². The van der Waals surface area contributed by atoms with Gasteiger partial charge in [0.1, 0.15) is 12.6 Å². The molecule has 0 fully saturated rings. The topological polar surface area (TPSA) is 86.8 Å². The van der Waals surface area contributed by atoms with E-state index in [2.05, 4.69) is 5.32 Å². The maximum Gasteiger partial charge on any atom is 0.264 e. The summed E-state index contributed by atoms with van der Waals surface area (Å²) < 4.78 is 29.1. The van der Waals surface area contributed by atoms with Crippen LogP contribution in [0.25, 0.3) is 0 Å². The Balaban J connectivity index is 1.84. The molecule has 236 valence electrons. The van der Waals surface area contributed by atoms with Crippen LogP contribution in [-0.4, -0.2) is 43.3 Å². The molecule has 4 aromatic carbocycles. The Bertz CT molecular complexity index is 1730. The normalized spacial score (nSPS) is 12.3. The lowest BCUT2D eigenvalue weighted by atomic mass is 10.0. The highest BCUT2D eigenvalue weighted by molar-refractivity contribution is 7.92. The number of hydrogen-bond acceptors (Lipinski definition) is 4. The zero-order valence-corrected chi connectivity index (χ0v) is 28.2. The quantitative estimate of drug-likeness (QED) is 0.178. The molecule has 1 N–H and O–H groups in total. The van der Waals surface area contributed by atoms with E-state index in [-0.39, 0.29) is 33.6 Å². The number of halogens is 3. The van der Waals surface area contributed by atoms with Gasteiger partial charge < -0.3 is 10.2 Å². The third-order valence-electron chi connectivity index (χ3n) is 6.81. The average molecular weight is 687 g/mol. The summed E-state index contributed by atoms with van der Waals surface area (Å²) >= 11 is 19.1. The molecule has 0 unspecified atom stereocenters. The molecule has 11 heteroatoms. The second-order valence-electron chi connectivity index (χ2n) is 11.5. The Kier molecular flexibility index (Phi) is 11.2. The fourth-order valence-corrected chi connectivity index (χ4v) is 6.88. The number of nitrogens with one attached hydrogen (secondary N) is 1. The van der Waals surface area contributed by atoms with E-state index in [0.717, 1.165) is 9.87 Å². The van der Waals surface area contributed by atoms with Crippen LogP contribution in [0.2, 0.25) is 15.1 Å². The molecule has 7 nitrogen and oxygen atoms in total. The molecule has 1 atom stereocenters. The van der Waals surface area contributed by atoms with Crippen LogP contribution in [0.1, 0.15) is 31.9 Å². The molecule has 0 spiro atoms. The summed E-state index contributed by atoms with van der Waals surface area (Å²) in [4.78, 5) is 29.8. The largest absolute Gasteiger partial charge is 0.350 e. The van der Waals surface area contributed by atoms with E-state index in [1.54, 1.807) is 42.5 Å². The summed E-state index contributed by atoms with van der Waals surface area (Å²) in [5.41, 5.74) is 0.906. The van der Waals surface area contributed by atoms with Gasteiger partial charge in [-0.15, -0.1) is 0 Å². The fraction of sp³-hybridized carbons (Fsp3) is 0.235. The van der Waals surface area contributed by atoms with E-state index in [1.807, 2.05) is 51.1 Å². The van der Waals surface area contributed by atoms with Gasteiger partial charge in [0.25, 0.3) is 10.0 Å². The molecule has 2 amide bonds. The van der Waals surface area contributed by atoms with Crippen LogP contribution in [0.15, 0.2) is 108 Å². The summed E-state index contributed by atoms with van der Waals surface area (Å²) in [7, 11) is -4.29. The fourth-order valence-electron chi connectivity index (χ4n) is 4.75. The Morgan fingerprint density at radius 3 is 1.93 bits per heavy atom. The number of benzene rings is 4. The number of sulfonamides is 1. The van der Waals surface area contributed by atoms with Gasteiger partial charge in [-0.05, 0) is 68.3 Å². The minimum absolute atomic E-state index is 0.0298. The van der Waals surface area contributed by atoms with E-state index in [0.29, 0.717) is 10.6 Å². The number of amides is 2. The molecule has 0 aliphatic carbocycles. The van der Waals surface area contributed by atoms with Crippen LogP contribution in [0.3, 0.4) is 0 Å². The van der Waals surface area contributed by atoms with Crippen molar-refractivity contribution in [2.45, 2.75) is 50.2 Å². The van der Waals surface area contributed by atoms with Gasteiger partial charge in [-0.25, -0.2) is 8.42 Å². The van der Waals surface area contributed by atoms with E-state index in [1.165, 1.54) is 35.2 Å². The van der Waals surface area contributed by atoms with Gasteiger partial charge in [-0.1, -0.05) is 102 Å². The molecule has 0 aliphatic heterocycles. The molecule has 0 saturated heterocycles. The zero-order chi connectivity index (χ0) is 32.8. The van der Waals surface area contributed by atoms with Crippen molar-refractivity contribution in [2.75, 3.05) is 10.8 Å². The second kappa shape index (κ2) is 14.7. The Hall–Kier alpha value is -3.56. The second-order valence-corrected chi connectivity index (χ2v) is 14.7. The Morgan fingerprint density at radius 1 is 0.800 bits per heavy atom. The molecular weight excluding hydrogens is 653 g/mol. The standard InChI is InChI=1S/C34H34Cl3N3O4S/c1-34(2,3)38-33(42)31(18-24-12-6-4-7-13-24)39(22-25-14-10-11-17-30(25)37)32(41)23-40(28-20-26(35)19-27(36)21-28)45(43,44)29-15-8-5-9-16-29/h4-17,19-21,31H,18,22-23H2,1-3H3,(H,38,42)/t31-/m0/s1. The summed E-state index contributed by atoms with van der Waals surface area (Å²) in [6.45, 7) is 4.85. The molecule has 4 aromatic rings. The van der Waals surface area contributed by atoms with E-state index in [9.17, 15) is 18.0 Å². The van der Waals surface area contributed by atoms with Crippen molar-refractivity contribution in [1.29, 1.82) is 0 Å². The highest BCUT2D eigenvalue weighted by atomic mass is 35.5. The van der Waals surface area contributed by atoms with Crippen molar-refractivity contribution in [3.63, 3.8) is 0 Å². The number of rotatable bonds is 11. The monoisotopic (exact) mass is 685 g/mol. The highest BCUT2D eigenvalue weighted by Crippen LogP contribution is 2.30. The van der Waals surface area contributed by atoms with Crippen LogP contribution in [0, 0.1) is 0 Å². The first-order chi connectivity index (χ1) is 21.2. The molecule has 0 saturated carbocycles. The number of carbonyl (C=O) groups excluding carboxylic acids is 2. The SMILES string of the molecule is CC(C)(C)NC(=O)[C@H](Cc1ccccc1)N(Cc1ccccc1Cl)C(=O)CN(c1cc(Cl)cc(Cl)c1)S(=O)(=O)c1ccccc1. The van der Waals surface area contributed by atoms with Crippen molar-refractivity contribution in [3.8, 4) is 0 Å². The molecule has 45 heavy (non-hydrogen) atoms. The van der Waals surface area contributed by atoms with E-state index in [4.69, 9.17) is 34.8 Å². The maximum atomic E-state index is 14.5. The molecule has 0 radical (unpaired) electrons. The van der Waals surface area contributed by atoms with Gasteiger partial charge in [0.2, 0.25) is 11.8 Å². The van der Waals surface area contributed by atoms with Crippen molar-refractivity contribution in [3.05, 3.63) is 129 Å². The average Bonchev–Trinajstić information content (AvgIpc) is 2.98. The molecule has 4 rings (SSSR count). The van der Waals surface area contributed by atoms with Crippen molar-refractivity contribution in [2.24, 2.45) is 0 Å². The third kappa shape index (κ3) is 9.23. The Morgan fingerprint density at radius 2 is 1.36 bits per heavy atom. The van der Waals surface area contributed by atoms with Crippen LogP contribution in [0.4, 0.5) is 5.69 Å². The first-order valence-electron chi connectivity index (χ1n) is 14.2. The van der Waals surface area contributed by atoms with E-state index >= 15 is 0 Å². The lowest BCUT2D eigenvalue weighted by Gasteiger charge is -2.35. The van der Waals surface area contributed by atoms with Gasteiger partial charge in [-0.2, -0.15) is 0 Å². The molecular formula is C34H34Cl3N3O4S. The minimum atomic E-state index is -4.29. The first kappa shape index (κ1) is 34.3. The predicted octanol–water partition coefficient (Wildman–Crippen LogP) is 7.40. The summed E-state index contributed by atoms with van der Waals surface area (Å²) in [6, 6.07) is 27.4. The van der Waals surface area contributed by atoms with Crippen molar-refractivity contribution < 1.29 is 18.0 Å². The molecule has 0 aromatic heterocycles. The summed E-state index contributed by atoms with van der Waals surface area (Å²) in [6.07, 6.45) is 0.174. The summed E-state index contributed by atoms with van der Waals surface area (Å²) in [5, 5.41) is 3.79. The summed E-state index contributed by atoms with van der Waals surface area (Å²) in [5.74, 6) is -1.02. The number of nitrogens with zero attached hydrogens (tertiary/aromatic N) is 2. The molecule has 0 heterocycles. The molecule has 0 aliphatic rings. The van der Waals surface area contributed by atoms with E-state index < -0.39 is 40.0 Å². The van der Waals surface area contributed by atoms with Crippen molar-refractivity contribution >= 4 is 62.3 Å². The van der Waals surface area contributed by atoms with Gasteiger partial charge in [0.15, 0.2) is 0 Å². The van der Waals surface area contributed by atoms with Gasteiger partial charge in [0, 0.05) is 33.6 Å². The van der Waals surface area contributed by atoms with Gasteiger partial charge in [0.05, 0.1) is 10.6 Å². The number of hydrogen-bond donors (Lipinski definition) is 1. The lowest BCUT2D eigenvalue weighted by Crippen LogP contribution is -2.56. The van der Waals surface area contributed by atoms with Crippen LogP contribution in [-0.2, 0) is 32.6 Å². The van der Waals surface area contributed by atoms with Crippen LogP contribution >= 0.6 is 34.8 Å². The van der Waals surface area contributed by atoms with Crippen molar-refractivity contribution in [1.82, 2.24) is 10.2 Å². The first-order valence-corrected chi connectivity index (χ1v) is 16.7. The number of anilines is 1. The lowest BCUT2D eigenvalue weighted by molar-refractivity contribution is -0.140. The number of carbonyl (C=O) groups is 2. The maximum absolute atomic E-state index is 14.5. The van der Waals surface area contributed by atoms with Crippen LogP contribution < -0.4 is 9.62 Å². The van der Waals surface area contributed by atoms with Gasteiger partial charge >= 0.3 is 0 Å². The Labute approximate surface area is 279 Å². The highest BCUT2D eigenvalue weighted by Gasteiger charge is 2.36. The zero-order valence-electron chi connectivity index (χ0n) is 25.1. The van der Waals surface area contributed by atoms with Crippen LogP contribution in [0.5, 0.6) is 0 Å². The smallest absolute Gasteiger partial charge is 0.264 e. The molecule has 0 bridgehead atoms.